The molecule has 0 radical (unpaired) electrons. The van der Waals surface area contributed by atoms with E-state index in [2.05, 4.69) is 5.32 Å². The van der Waals surface area contributed by atoms with Crippen LogP contribution in [0.5, 0.6) is 5.75 Å². The summed E-state index contributed by atoms with van der Waals surface area (Å²) in [4.78, 5) is 12.0. The monoisotopic (exact) mass is 292 g/mol. The molecule has 112 valence electrons. The van der Waals surface area contributed by atoms with Crippen LogP contribution in [0.1, 0.15) is 5.56 Å². The molecule has 0 aliphatic heterocycles. The molecule has 0 heterocycles. The number of nitriles is 1. The van der Waals surface area contributed by atoms with Crippen molar-refractivity contribution >= 4 is 12.0 Å². The summed E-state index contributed by atoms with van der Waals surface area (Å²) >= 11 is 0. The van der Waals surface area contributed by atoms with Gasteiger partial charge in [0.25, 0.3) is 5.91 Å². The van der Waals surface area contributed by atoms with E-state index in [1.165, 1.54) is 30.3 Å². The van der Waals surface area contributed by atoms with Crippen LogP contribution < -0.4 is 5.32 Å². The van der Waals surface area contributed by atoms with Gasteiger partial charge >= 0.3 is 0 Å². The molecule has 0 aliphatic carbocycles. The fourth-order valence-electron chi connectivity index (χ4n) is 1.46. The number of phenolic OH excluding ortho intramolecular Hbond substituents is 1. The maximum Gasteiger partial charge on any atom is 0.262 e. The van der Waals surface area contributed by atoms with Crippen molar-refractivity contribution in [1.29, 1.82) is 5.26 Å². The lowest BCUT2D eigenvalue weighted by Gasteiger charge is -2.28. The molecule has 0 saturated carbocycles. The summed E-state index contributed by atoms with van der Waals surface area (Å²) in [5.74, 6) is -0.780. The summed E-state index contributed by atoms with van der Waals surface area (Å²) in [5, 5.41) is 47.8. The number of phenols is 1. The van der Waals surface area contributed by atoms with Gasteiger partial charge in [-0.3, -0.25) is 4.79 Å². The molecule has 21 heavy (non-hydrogen) atoms. The van der Waals surface area contributed by atoms with E-state index < -0.39 is 31.3 Å². The Morgan fingerprint density at radius 3 is 2.14 bits per heavy atom. The minimum absolute atomic E-state index is 0.0509. The Kier molecular flexibility index (Phi) is 5.87. The molecule has 0 spiro atoms. The van der Waals surface area contributed by atoms with Crippen molar-refractivity contribution < 1.29 is 25.2 Å². The predicted molar refractivity (Wildman–Crippen MR) is 73.8 cm³/mol. The molecule has 1 aromatic carbocycles. The topological polar surface area (TPSA) is 134 Å². The van der Waals surface area contributed by atoms with Crippen LogP contribution in [0.3, 0.4) is 0 Å². The lowest BCUT2D eigenvalue weighted by molar-refractivity contribution is -0.121. The summed E-state index contributed by atoms with van der Waals surface area (Å²) in [7, 11) is 0. The van der Waals surface area contributed by atoms with Crippen LogP contribution in [0.2, 0.25) is 0 Å². The van der Waals surface area contributed by atoms with E-state index in [4.69, 9.17) is 25.7 Å². The second kappa shape index (κ2) is 7.40. The number of amides is 1. The summed E-state index contributed by atoms with van der Waals surface area (Å²) in [6.45, 7) is -2.03. The van der Waals surface area contributed by atoms with Crippen LogP contribution in [0.25, 0.3) is 6.08 Å². The largest absolute Gasteiger partial charge is 0.508 e. The van der Waals surface area contributed by atoms with E-state index in [0.717, 1.165) is 0 Å². The number of aromatic hydroxyl groups is 1. The summed E-state index contributed by atoms with van der Waals surface area (Å²) in [6.07, 6.45) is 1.28. The molecular weight excluding hydrogens is 276 g/mol. The van der Waals surface area contributed by atoms with E-state index in [9.17, 15) is 4.79 Å². The molecule has 0 atom stereocenters. The van der Waals surface area contributed by atoms with Gasteiger partial charge in [-0.05, 0) is 23.8 Å². The molecule has 5 N–H and O–H groups in total. The van der Waals surface area contributed by atoms with E-state index in [-0.39, 0.29) is 11.3 Å². The first kappa shape index (κ1) is 16.7. The number of carbonyl (C=O) groups excluding carboxylic acids is 1. The Balaban J connectivity index is 2.97. The van der Waals surface area contributed by atoms with Crippen molar-refractivity contribution in [3.05, 3.63) is 35.4 Å². The average molecular weight is 292 g/mol. The number of benzene rings is 1. The zero-order chi connectivity index (χ0) is 15.9. The van der Waals surface area contributed by atoms with Gasteiger partial charge in [0.15, 0.2) is 0 Å². The van der Waals surface area contributed by atoms with Crippen molar-refractivity contribution in [2.24, 2.45) is 0 Å². The van der Waals surface area contributed by atoms with Gasteiger partial charge in [-0.2, -0.15) is 5.26 Å². The summed E-state index contributed by atoms with van der Waals surface area (Å²) in [6, 6.07) is 7.53. The van der Waals surface area contributed by atoms with Crippen molar-refractivity contribution in [2.75, 3.05) is 19.8 Å². The maximum absolute atomic E-state index is 12.0. The summed E-state index contributed by atoms with van der Waals surface area (Å²) < 4.78 is 0. The highest BCUT2D eigenvalue weighted by Crippen LogP contribution is 2.13. The first-order valence-electron chi connectivity index (χ1n) is 6.06. The zero-order valence-electron chi connectivity index (χ0n) is 11.2. The van der Waals surface area contributed by atoms with Gasteiger partial charge in [0.05, 0.1) is 19.8 Å². The second-order valence-corrected chi connectivity index (χ2v) is 4.47. The van der Waals surface area contributed by atoms with E-state index >= 15 is 0 Å². The van der Waals surface area contributed by atoms with Gasteiger partial charge in [0.2, 0.25) is 0 Å². The minimum Gasteiger partial charge on any atom is -0.508 e. The normalized spacial score (nSPS) is 11.8. The highest BCUT2D eigenvalue weighted by molar-refractivity contribution is 6.02. The molecule has 0 unspecified atom stereocenters. The number of nitrogens with zero attached hydrogens (tertiary/aromatic N) is 1. The van der Waals surface area contributed by atoms with Gasteiger partial charge in [0, 0.05) is 0 Å². The number of rotatable bonds is 6. The van der Waals surface area contributed by atoms with Crippen LogP contribution in [0, 0.1) is 11.3 Å². The number of aliphatic hydroxyl groups is 3. The molecular formula is C14H16N2O5. The fraction of sp³-hybridized carbons (Fsp3) is 0.286. The standard InChI is InChI=1S/C14H16N2O5/c15-6-11(5-10-1-3-12(20)4-2-10)13(21)16-14(7-17,8-18)9-19/h1-5,17-20H,7-9H2,(H,16,21)/b11-5+. The molecule has 0 aromatic heterocycles. The minimum atomic E-state index is -1.60. The van der Waals surface area contributed by atoms with E-state index in [1.807, 2.05) is 0 Å². The molecule has 1 amide bonds. The number of nitrogens with one attached hydrogen (secondary N) is 1. The predicted octanol–water partition coefficient (Wildman–Crippen LogP) is -0.869. The second-order valence-electron chi connectivity index (χ2n) is 4.47. The van der Waals surface area contributed by atoms with Crippen LogP contribution in [0.15, 0.2) is 29.8 Å². The van der Waals surface area contributed by atoms with Crippen LogP contribution in [-0.2, 0) is 4.79 Å². The fourth-order valence-corrected chi connectivity index (χ4v) is 1.46. The van der Waals surface area contributed by atoms with Gasteiger partial charge < -0.3 is 25.7 Å². The Morgan fingerprint density at radius 1 is 1.19 bits per heavy atom. The smallest absolute Gasteiger partial charge is 0.262 e. The first-order chi connectivity index (χ1) is 10.00. The number of carbonyl (C=O) groups is 1. The Labute approximate surface area is 121 Å². The van der Waals surface area contributed by atoms with Crippen molar-refractivity contribution in [3.8, 4) is 11.8 Å². The Morgan fingerprint density at radius 2 is 1.71 bits per heavy atom. The molecule has 1 aromatic rings. The lowest BCUT2D eigenvalue weighted by Crippen LogP contribution is -2.57. The highest BCUT2D eigenvalue weighted by Gasteiger charge is 2.30. The SMILES string of the molecule is N#C/C(=C\c1ccc(O)cc1)C(=O)NC(CO)(CO)CO. The molecule has 0 bridgehead atoms. The quantitative estimate of drug-likeness (QED) is 0.342. The number of hydrogen-bond acceptors (Lipinski definition) is 6. The summed E-state index contributed by atoms with van der Waals surface area (Å²) in [5.41, 5.74) is -1.34. The van der Waals surface area contributed by atoms with Crippen molar-refractivity contribution in [2.45, 2.75) is 5.54 Å². The number of aliphatic hydroxyl groups excluding tert-OH is 3. The first-order valence-corrected chi connectivity index (χ1v) is 6.06. The molecule has 7 heteroatoms. The number of hydrogen-bond donors (Lipinski definition) is 5. The lowest BCUT2D eigenvalue weighted by atomic mass is 10.0. The third-order valence-electron chi connectivity index (χ3n) is 2.86. The van der Waals surface area contributed by atoms with Crippen LogP contribution >= 0.6 is 0 Å². The third kappa shape index (κ3) is 4.29. The van der Waals surface area contributed by atoms with Gasteiger partial charge in [-0.15, -0.1) is 0 Å². The molecule has 7 nitrogen and oxygen atoms in total. The Hall–Kier alpha value is -2.40. The highest BCUT2D eigenvalue weighted by atomic mass is 16.3. The van der Waals surface area contributed by atoms with Crippen LogP contribution in [-0.4, -0.2) is 51.7 Å². The maximum atomic E-state index is 12.0. The van der Waals surface area contributed by atoms with E-state index in [1.54, 1.807) is 6.07 Å². The molecule has 0 aliphatic rings. The molecule has 1 rings (SSSR count). The molecule has 0 saturated heterocycles. The van der Waals surface area contributed by atoms with Crippen molar-refractivity contribution in [1.82, 2.24) is 5.32 Å². The van der Waals surface area contributed by atoms with E-state index in [0.29, 0.717) is 5.56 Å². The average Bonchev–Trinajstić information content (AvgIpc) is 2.52. The van der Waals surface area contributed by atoms with Gasteiger partial charge in [-0.25, -0.2) is 0 Å². The Bertz CT molecular complexity index is 547. The van der Waals surface area contributed by atoms with Gasteiger partial charge in [0.1, 0.15) is 22.9 Å². The van der Waals surface area contributed by atoms with Crippen molar-refractivity contribution in [3.63, 3.8) is 0 Å². The molecule has 0 fully saturated rings. The zero-order valence-corrected chi connectivity index (χ0v) is 11.2. The van der Waals surface area contributed by atoms with Crippen LogP contribution in [0.4, 0.5) is 0 Å². The third-order valence-corrected chi connectivity index (χ3v) is 2.86. The van der Waals surface area contributed by atoms with Gasteiger partial charge in [-0.1, -0.05) is 12.1 Å².